The Morgan fingerprint density at radius 1 is 1.29 bits per heavy atom. The minimum Gasteiger partial charge on any atom is -0.392 e. The lowest BCUT2D eigenvalue weighted by Crippen LogP contribution is -2.07. The van der Waals surface area contributed by atoms with E-state index in [2.05, 4.69) is 10.1 Å². The van der Waals surface area contributed by atoms with Crippen LogP contribution in [0.3, 0.4) is 0 Å². The van der Waals surface area contributed by atoms with E-state index in [4.69, 9.17) is 0 Å². The van der Waals surface area contributed by atoms with Crippen molar-refractivity contribution in [2.45, 2.75) is 33.9 Å². The van der Waals surface area contributed by atoms with Crippen molar-refractivity contribution < 1.29 is 5.11 Å². The Morgan fingerprint density at radius 3 is 2.65 bits per heavy atom. The van der Waals surface area contributed by atoms with E-state index in [9.17, 15) is 5.11 Å². The molecule has 17 heavy (non-hydrogen) atoms. The van der Waals surface area contributed by atoms with Gasteiger partial charge in [0.2, 0.25) is 0 Å². The number of hydrogen-bond donors (Lipinski definition) is 1. The van der Waals surface area contributed by atoms with Crippen molar-refractivity contribution in [2.75, 3.05) is 0 Å². The van der Waals surface area contributed by atoms with Crippen molar-refractivity contribution in [3.63, 3.8) is 0 Å². The van der Waals surface area contributed by atoms with Crippen LogP contribution in [0, 0.1) is 20.8 Å². The van der Waals surface area contributed by atoms with Crippen molar-refractivity contribution in [3.05, 3.63) is 46.5 Å². The van der Waals surface area contributed by atoms with E-state index in [0.29, 0.717) is 6.54 Å². The second-order valence-corrected chi connectivity index (χ2v) is 4.23. The molecule has 2 heterocycles. The van der Waals surface area contributed by atoms with Crippen LogP contribution in [-0.4, -0.2) is 19.9 Å². The van der Waals surface area contributed by atoms with Crippen LogP contribution >= 0.6 is 0 Å². The molecule has 90 valence electrons. The lowest BCUT2D eigenvalue weighted by Gasteiger charge is -2.06. The van der Waals surface area contributed by atoms with E-state index >= 15 is 0 Å². The maximum Gasteiger partial charge on any atom is 0.0837 e. The fraction of sp³-hybridized carbons (Fsp3) is 0.385. The summed E-state index contributed by atoms with van der Waals surface area (Å²) in [6.07, 6.45) is 1.79. The number of aliphatic hydroxyl groups excluding tert-OH is 1. The minimum absolute atomic E-state index is 0.0405. The van der Waals surface area contributed by atoms with Gasteiger partial charge in [-0.15, -0.1) is 0 Å². The molecule has 2 aromatic heterocycles. The zero-order valence-corrected chi connectivity index (χ0v) is 10.4. The molecular weight excluding hydrogens is 214 g/mol. The summed E-state index contributed by atoms with van der Waals surface area (Å²) >= 11 is 0. The Balaban J connectivity index is 2.34. The lowest BCUT2D eigenvalue weighted by atomic mass is 10.2. The first-order valence-corrected chi connectivity index (χ1v) is 5.67. The van der Waals surface area contributed by atoms with Gasteiger partial charge in [0.1, 0.15) is 0 Å². The van der Waals surface area contributed by atoms with Gasteiger partial charge in [0.05, 0.1) is 24.5 Å². The molecule has 0 unspecified atom stereocenters. The van der Waals surface area contributed by atoms with Crippen LogP contribution in [0.1, 0.15) is 28.2 Å². The van der Waals surface area contributed by atoms with Gasteiger partial charge in [-0.3, -0.25) is 9.67 Å². The molecule has 0 atom stereocenters. The highest BCUT2D eigenvalue weighted by molar-refractivity contribution is 5.25. The molecule has 0 fully saturated rings. The summed E-state index contributed by atoms with van der Waals surface area (Å²) < 4.78 is 1.90. The summed E-state index contributed by atoms with van der Waals surface area (Å²) in [5.74, 6) is 0. The molecule has 0 radical (unpaired) electrons. The highest BCUT2D eigenvalue weighted by Gasteiger charge is 2.11. The Hall–Kier alpha value is -1.68. The van der Waals surface area contributed by atoms with E-state index in [-0.39, 0.29) is 6.61 Å². The van der Waals surface area contributed by atoms with Crippen molar-refractivity contribution in [1.82, 2.24) is 14.8 Å². The summed E-state index contributed by atoms with van der Waals surface area (Å²) in [6.45, 7) is 6.63. The van der Waals surface area contributed by atoms with Crippen molar-refractivity contribution in [1.29, 1.82) is 0 Å². The highest BCUT2D eigenvalue weighted by atomic mass is 16.3. The number of aliphatic hydroxyl groups is 1. The SMILES string of the molecule is Cc1cccnc1Cn1nc(C)c(CO)c1C. The number of rotatable bonds is 3. The Morgan fingerprint density at radius 2 is 2.06 bits per heavy atom. The molecule has 0 aliphatic heterocycles. The van der Waals surface area contributed by atoms with Crippen LogP contribution in [0.25, 0.3) is 0 Å². The van der Waals surface area contributed by atoms with Gasteiger partial charge >= 0.3 is 0 Å². The quantitative estimate of drug-likeness (QED) is 0.875. The first-order chi connectivity index (χ1) is 8.13. The van der Waals surface area contributed by atoms with Crippen molar-refractivity contribution in [3.8, 4) is 0 Å². The molecule has 2 rings (SSSR count). The van der Waals surface area contributed by atoms with E-state index in [1.807, 2.05) is 37.6 Å². The van der Waals surface area contributed by atoms with Gasteiger partial charge in [0.25, 0.3) is 0 Å². The Labute approximate surface area is 101 Å². The van der Waals surface area contributed by atoms with Crippen LogP contribution in [0.5, 0.6) is 0 Å². The van der Waals surface area contributed by atoms with Crippen LogP contribution in [0.15, 0.2) is 18.3 Å². The fourth-order valence-electron chi connectivity index (χ4n) is 1.94. The average molecular weight is 231 g/mol. The standard InChI is InChI=1S/C13H17N3O/c1-9-5-4-6-14-13(9)7-16-11(3)12(8-17)10(2)15-16/h4-6,17H,7-8H2,1-3H3. The normalized spacial score (nSPS) is 10.8. The third-order valence-electron chi connectivity index (χ3n) is 3.11. The number of aromatic nitrogens is 3. The van der Waals surface area contributed by atoms with E-state index in [1.54, 1.807) is 6.20 Å². The third-order valence-corrected chi connectivity index (χ3v) is 3.11. The lowest BCUT2D eigenvalue weighted by molar-refractivity contribution is 0.280. The van der Waals surface area contributed by atoms with E-state index in [0.717, 1.165) is 28.2 Å². The second-order valence-electron chi connectivity index (χ2n) is 4.23. The van der Waals surface area contributed by atoms with Crippen LogP contribution < -0.4 is 0 Å². The summed E-state index contributed by atoms with van der Waals surface area (Å²) in [6, 6.07) is 3.97. The molecule has 0 amide bonds. The molecule has 0 bridgehead atoms. The summed E-state index contributed by atoms with van der Waals surface area (Å²) in [5.41, 5.74) is 4.99. The first kappa shape index (κ1) is 11.8. The van der Waals surface area contributed by atoms with E-state index in [1.165, 1.54) is 0 Å². The molecule has 0 spiro atoms. The van der Waals surface area contributed by atoms with Gasteiger partial charge < -0.3 is 5.11 Å². The van der Waals surface area contributed by atoms with E-state index < -0.39 is 0 Å². The van der Waals surface area contributed by atoms with Crippen molar-refractivity contribution >= 4 is 0 Å². The summed E-state index contributed by atoms with van der Waals surface area (Å²) in [7, 11) is 0. The molecule has 0 saturated carbocycles. The zero-order valence-electron chi connectivity index (χ0n) is 10.4. The Kier molecular flexibility index (Phi) is 3.24. The zero-order chi connectivity index (χ0) is 12.4. The number of pyridine rings is 1. The monoisotopic (exact) mass is 231 g/mol. The first-order valence-electron chi connectivity index (χ1n) is 5.67. The second kappa shape index (κ2) is 4.67. The molecule has 2 aromatic rings. The molecule has 0 aliphatic rings. The molecule has 1 N–H and O–H groups in total. The van der Waals surface area contributed by atoms with Crippen LogP contribution in [-0.2, 0) is 13.2 Å². The number of hydrogen-bond acceptors (Lipinski definition) is 3. The predicted octanol–water partition coefficient (Wildman–Crippen LogP) is 1.74. The maximum atomic E-state index is 9.26. The topological polar surface area (TPSA) is 50.9 Å². The molecule has 0 aliphatic carbocycles. The smallest absolute Gasteiger partial charge is 0.0837 e. The van der Waals surface area contributed by atoms with Crippen LogP contribution in [0.2, 0.25) is 0 Å². The molecule has 4 heteroatoms. The molecule has 0 aromatic carbocycles. The minimum atomic E-state index is 0.0405. The van der Waals surface area contributed by atoms with Gasteiger partial charge in [0, 0.05) is 17.5 Å². The maximum absolute atomic E-state index is 9.26. The molecular formula is C13H17N3O. The summed E-state index contributed by atoms with van der Waals surface area (Å²) in [5, 5.41) is 13.7. The van der Waals surface area contributed by atoms with Crippen LogP contribution in [0.4, 0.5) is 0 Å². The van der Waals surface area contributed by atoms with Gasteiger partial charge in [-0.2, -0.15) is 5.10 Å². The molecule has 0 saturated heterocycles. The largest absolute Gasteiger partial charge is 0.392 e. The number of aryl methyl sites for hydroxylation is 2. The van der Waals surface area contributed by atoms with Gasteiger partial charge in [0.15, 0.2) is 0 Å². The average Bonchev–Trinajstić information content (AvgIpc) is 2.57. The molecule has 4 nitrogen and oxygen atoms in total. The summed E-state index contributed by atoms with van der Waals surface area (Å²) in [4.78, 5) is 4.36. The third kappa shape index (κ3) is 2.22. The van der Waals surface area contributed by atoms with Gasteiger partial charge in [-0.25, -0.2) is 0 Å². The fourth-order valence-corrected chi connectivity index (χ4v) is 1.94. The predicted molar refractivity (Wildman–Crippen MR) is 65.7 cm³/mol. The Bertz CT molecular complexity index is 531. The number of nitrogens with zero attached hydrogens (tertiary/aromatic N) is 3. The van der Waals surface area contributed by atoms with Gasteiger partial charge in [-0.1, -0.05) is 6.07 Å². The van der Waals surface area contributed by atoms with Crippen molar-refractivity contribution in [2.24, 2.45) is 0 Å². The highest BCUT2D eigenvalue weighted by Crippen LogP contribution is 2.14. The van der Waals surface area contributed by atoms with Gasteiger partial charge in [-0.05, 0) is 32.4 Å².